The van der Waals surface area contributed by atoms with Crippen LogP contribution in [0.25, 0.3) is 22.5 Å². The first-order chi connectivity index (χ1) is 25.5. The van der Waals surface area contributed by atoms with Gasteiger partial charge < -0.3 is 9.47 Å². The molecule has 10 rings (SSSR count). The smallest absolute Gasteiger partial charge is 0.356 e. The summed E-state index contributed by atoms with van der Waals surface area (Å²) in [5, 5.41) is 0. The lowest BCUT2D eigenvalue weighted by atomic mass is 9.95. The highest BCUT2D eigenvalue weighted by Crippen LogP contribution is 2.46. The van der Waals surface area contributed by atoms with E-state index in [4.69, 9.17) is 19.4 Å². The molecule has 0 amide bonds. The van der Waals surface area contributed by atoms with Crippen molar-refractivity contribution in [3.05, 3.63) is 103 Å². The predicted molar refractivity (Wildman–Crippen MR) is 217 cm³/mol. The fourth-order valence-electron chi connectivity index (χ4n) is 7.29. The van der Waals surface area contributed by atoms with Gasteiger partial charge in [0.05, 0.1) is 46.2 Å². The Morgan fingerprint density at radius 1 is 0.648 bits per heavy atom. The molecule has 8 bridgehead atoms. The number of pyridine rings is 2. The van der Waals surface area contributed by atoms with E-state index in [1.165, 1.54) is 0 Å². The van der Waals surface area contributed by atoms with Gasteiger partial charge in [0, 0.05) is 57.1 Å². The second-order valence-electron chi connectivity index (χ2n) is 15.6. The first-order valence-electron chi connectivity index (χ1n) is 17.8. The molecule has 0 unspecified atom stereocenters. The highest BCUT2D eigenvalue weighted by atomic mass is 79.9. The summed E-state index contributed by atoms with van der Waals surface area (Å²) < 4.78 is 44.5. The number of hydrogen-bond acceptors (Lipinski definition) is 8. The topological polar surface area (TPSA) is 119 Å². The number of rotatable bonds is 4. The molecular weight excluding hydrogens is 856 g/mol. The van der Waals surface area contributed by atoms with Crippen LogP contribution in [0.1, 0.15) is 110 Å². The second kappa shape index (κ2) is 15.1. The molecule has 0 saturated carbocycles. The molecule has 54 heavy (non-hydrogen) atoms. The summed E-state index contributed by atoms with van der Waals surface area (Å²) in [4.78, 5) is 37.8. The molecule has 0 fully saturated rings. The molecule has 2 aromatic carbocycles. The van der Waals surface area contributed by atoms with Crippen molar-refractivity contribution in [3.8, 4) is 22.5 Å². The Morgan fingerprint density at radius 3 is 1.39 bits per heavy atom. The normalized spacial score (nSPS) is 20.7. The van der Waals surface area contributed by atoms with Gasteiger partial charge in [0.1, 0.15) is 33.4 Å². The predicted octanol–water partition coefficient (Wildman–Crippen LogP) is 8.78. The van der Waals surface area contributed by atoms with Gasteiger partial charge in [0.2, 0.25) is 0 Å². The molecule has 14 heteroatoms. The van der Waals surface area contributed by atoms with Crippen molar-refractivity contribution >= 4 is 65.8 Å². The van der Waals surface area contributed by atoms with Crippen LogP contribution in [-0.4, -0.2) is 61.6 Å². The van der Waals surface area contributed by atoms with Crippen molar-refractivity contribution in [3.63, 3.8) is 0 Å². The van der Waals surface area contributed by atoms with E-state index < -0.39 is 55.5 Å². The van der Waals surface area contributed by atoms with E-state index in [1.54, 1.807) is 12.1 Å². The minimum absolute atomic E-state index is 0.0102. The maximum Gasteiger partial charge on any atom is 0.356 e. The largest absolute Gasteiger partial charge is 0.461 e. The van der Waals surface area contributed by atoms with Crippen LogP contribution in [0.3, 0.4) is 0 Å². The first-order valence-corrected chi connectivity index (χ1v) is 21.6. The molecule has 4 atom stereocenters. The summed E-state index contributed by atoms with van der Waals surface area (Å²) >= 11 is 7.16. The van der Waals surface area contributed by atoms with Gasteiger partial charge in [-0.2, -0.15) is 0 Å². The highest BCUT2D eigenvalue weighted by Gasteiger charge is 2.43. The zero-order valence-electron chi connectivity index (χ0n) is 31.0. The van der Waals surface area contributed by atoms with Crippen LogP contribution in [0.4, 0.5) is 0 Å². The Labute approximate surface area is 337 Å². The van der Waals surface area contributed by atoms with Crippen LogP contribution in [0.5, 0.6) is 0 Å². The number of aromatic nitrogens is 2. The van der Waals surface area contributed by atoms with Crippen molar-refractivity contribution in [1.82, 2.24) is 18.6 Å². The number of carbonyl (C=O) groups is 2. The number of hydrogen-bond donors (Lipinski definition) is 0. The Bertz CT molecular complexity index is 2060. The quantitative estimate of drug-likeness (QED) is 0.187. The second-order valence-corrected chi connectivity index (χ2v) is 21.8. The summed E-state index contributed by atoms with van der Waals surface area (Å²) in [6, 6.07) is 17.9. The molecule has 0 saturated heterocycles. The summed E-state index contributed by atoms with van der Waals surface area (Å²) in [6.07, 6.45) is 0.633. The van der Waals surface area contributed by atoms with E-state index in [-0.39, 0.29) is 24.6 Å². The van der Waals surface area contributed by atoms with Crippen molar-refractivity contribution in [2.45, 2.75) is 89.1 Å². The van der Waals surface area contributed by atoms with Crippen LogP contribution < -0.4 is 0 Å². The third-order valence-corrected chi connectivity index (χ3v) is 14.3. The molecule has 0 N–H and O–H groups in total. The Balaban J connectivity index is 1.37. The van der Waals surface area contributed by atoms with E-state index in [9.17, 15) is 18.0 Å². The van der Waals surface area contributed by atoms with Crippen molar-refractivity contribution < 1.29 is 27.5 Å². The van der Waals surface area contributed by atoms with Gasteiger partial charge >= 0.3 is 11.9 Å². The van der Waals surface area contributed by atoms with Gasteiger partial charge in [-0.1, -0.05) is 56.1 Å². The number of carbonyl (C=O) groups excluding carboxylic acids is 2. The SMILES string of the molecule is CC(C)(C)[S@@](=O)N1Cc2cc3nc(-c4cccc(Br)c4)c2[C@H]1CCOC(=O)c1cc2c(c(-c4cccc(Br)c4)n1)[C@@H](CCOC3=O)N([S@](=O)C(C)(C)C)C2. The number of ether oxygens (including phenoxy) is 2. The molecule has 0 radical (unpaired) electrons. The van der Waals surface area contributed by atoms with Gasteiger partial charge in [-0.3, -0.25) is 0 Å². The first kappa shape index (κ1) is 39.1. The lowest BCUT2D eigenvalue weighted by Gasteiger charge is -2.31. The average molecular weight is 899 g/mol. The molecule has 6 aliphatic heterocycles. The summed E-state index contributed by atoms with van der Waals surface area (Å²) in [7, 11) is -2.90. The van der Waals surface area contributed by atoms with Crippen LogP contribution in [0, 0.1) is 0 Å². The number of nitrogens with zero attached hydrogens (tertiary/aromatic N) is 4. The lowest BCUT2D eigenvalue weighted by molar-refractivity contribution is 0.0462. The Morgan fingerprint density at radius 2 is 1.04 bits per heavy atom. The highest BCUT2D eigenvalue weighted by molar-refractivity contribution is 9.10. The summed E-state index contributed by atoms with van der Waals surface area (Å²) in [5.74, 6) is -1.17. The zero-order chi connectivity index (χ0) is 38.7. The number of halogens is 2. The maximum absolute atomic E-state index is 14.1. The van der Waals surface area contributed by atoms with E-state index >= 15 is 0 Å². The maximum atomic E-state index is 14.1. The summed E-state index contributed by atoms with van der Waals surface area (Å²) in [6.45, 7) is 12.2. The summed E-state index contributed by atoms with van der Waals surface area (Å²) in [5.41, 5.74) is 6.27. The van der Waals surface area contributed by atoms with E-state index in [1.807, 2.05) is 98.7 Å². The third kappa shape index (κ3) is 7.66. The van der Waals surface area contributed by atoms with Crippen molar-refractivity contribution in [1.29, 1.82) is 0 Å². The van der Waals surface area contributed by atoms with Crippen LogP contribution in [0.15, 0.2) is 69.6 Å². The molecule has 2 aromatic heterocycles. The van der Waals surface area contributed by atoms with Crippen LogP contribution >= 0.6 is 31.9 Å². The minimum atomic E-state index is -1.45. The van der Waals surface area contributed by atoms with E-state index in [2.05, 4.69) is 31.9 Å². The van der Waals surface area contributed by atoms with Crippen molar-refractivity contribution in [2.75, 3.05) is 13.2 Å². The van der Waals surface area contributed by atoms with Gasteiger partial charge in [-0.15, -0.1) is 0 Å². The molecular formula is C40H42Br2N4O6S2. The van der Waals surface area contributed by atoms with Gasteiger partial charge in [-0.05, 0) is 89.1 Å². The zero-order valence-corrected chi connectivity index (χ0v) is 35.8. The fraction of sp³-hybridized carbons (Fsp3) is 0.400. The molecule has 6 aliphatic rings. The van der Waals surface area contributed by atoms with Gasteiger partial charge in [0.25, 0.3) is 0 Å². The fourth-order valence-corrected chi connectivity index (χ4v) is 10.9. The Kier molecular flexibility index (Phi) is 10.9. The monoisotopic (exact) mass is 896 g/mol. The van der Waals surface area contributed by atoms with Crippen molar-refractivity contribution in [2.24, 2.45) is 0 Å². The number of esters is 2. The molecule has 8 heterocycles. The van der Waals surface area contributed by atoms with Crippen LogP contribution in [0.2, 0.25) is 0 Å². The lowest BCUT2D eigenvalue weighted by Crippen LogP contribution is -2.37. The van der Waals surface area contributed by atoms with Gasteiger partial charge in [-0.25, -0.2) is 36.6 Å². The number of benzene rings is 2. The molecule has 4 aromatic rings. The van der Waals surface area contributed by atoms with Crippen LogP contribution in [-0.2, 0) is 44.5 Å². The Hall–Kier alpha value is -3.14. The molecule has 284 valence electrons. The van der Waals surface area contributed by atoms with Gasteiger partial charge in [0.15, 0.2) is 0 Å². The third-order valence-electron chi connectivity index (χ3n) is 9.64. The molecule has 10 nitrogen and oxygen atoms in total. The minimum Gasteiger partial charge on any atom is -0.461 e. The van der Waals surface area contributed by atoms with E-state index in [0.29, 0.717) is 37.3 Å². The molecule has 0 spiro atoms. The van der Waals surface area contributed by atoms with E-state index in [0.717, 1.165) is 42.3 Å². The standard InChI is InChI=1S/C40H42Br2N4O6S2/c1-39(2,3)53(49)45-21-25-19-29-37(47)52-16-14-32-34-26(22-46(32)54(50)40(4,5)6)20-30(44-36(34)24-10-8-12-28(42)18-24)38(48)51-15-13-31(45)33(25)35(43-29)23-9-7-11-27(41)17-23/h7-12,17-20,31-32H,13-16,21-22H2,1-6H3/t31-,32-,53-,54-/m1/s1. The average Bonchev–Trinajstić information content (AvgIpc) is 3.67. The molecule has 0 aliphatic carbocycles.